The fourth-order valence-corrected chi connectivity index (χ4v) is 4.19. The Bertz CT molecular complexity index is 902. The highest BCUT2D eigenvalue weighted by Gasteiger charge is 2.28. The summed E-state index contributed by atoms with van der Waals surface area (Å²) in [7, 11) is 0. The van der Waals surface area contributed by atoms with Crippen molar-refractivity contribution in [2.24, 2.45) is 4.99 Å². The van der Waals surface area contributed by atoms with Gasteiger partial charge in [-0.25, -0.2) is 14.4 Å². The van der Waals surface area contributed by atoms with Crippen molar-refractivity contribution < 1.29 is 13.9 Å². The van der Waals surface area contributed by atoms with Crippen LogP contribution in [0.2, 0.25) is 0 Å². The largest absolute Gasteiger partial charge is 0.378 e. The molecule has 0 saturated carbocycles. The van der Waals surface area contributed by atoms with Gasteiger partial charge in [0.2, 0.25) is 0 Å². The van der Waals surface area contributed by atoms with Gasteiger partial charge in [-0.2, -0.15) is 0 Å². The molecule has 2 fully saturated rings. The first-order chi connectivity index (χ1) is 15.6. The van der Waals surface area contributed by atoms with Gasteiger partial charge in [-0.15, -0.1) is 0 Å². The number of guanidine groups is 1. The Morgan fingerprint density at radius 1 is 1.19 bits per heavy atom. The topological polar surface area (TPSA) is 62.2 Å². The van der Waals surface area contributed by atoms with Crippen molar-refractivity contribution in [3.8, 4) is 0 Å². The van der Waals surface area contributed by atoms with Crippen LogP contribution in [-0.4, -0.2) is 67.9 Å². The summed E-state index contributed by atoms with van der Waals surface area (Å²) in [5.74, 6) is 1.60. The Morgan fingerprint density at radius 2 is 1.97 bits per heavy atom. The monoisotopic (exact) mass is 441 g/mol. The Labute approximate surface area is 189 Å². The molecule has 32 heavy (non-hydrogen) atoms. The zero-order chi connectivity index (χ0) is 22.3. The minimum atomic E-state index is -0.239. The van der Waals surface area contributed by atoms with Gasteiger partial charge < -0.3 is 24.6 Å². The summed E-state index contributed by atoms with van der Waals surface area (Å²) in [5, 5.41) is 3.43. The number of hydrogen-bond donors (Lipinski definition) is 1. The second-order valence-electron chi connectivity index (χ2n) is 8.15. The van der Waals surface area contributed by atoms with E-state index in [1.807, 2.05) is 12.3 Å². The summed E-state index contributed by atoms with van der Waals surface area (Å²) in [5.41, 5.74) is 2.07. The Balaban J connectivity index is 1.52. The Hall–Kier alpha value is -2.71. The van der Waals surface area contributed by atoms with Gasteiger partial charge in [0, 0.05) is 37.9 Å². The molecule has 0 amide bonds. The Morgan fingerprint density at radius 3 is 2.72 bits per heavy atom. The molecule has 2 aliphatic heterocycles. The van der Waals surface area contributed by atoms with E-state index in [9.17, 15) is 4.39 Å². The fraction of sp³-hybridized carbons (Fsp3) is 0.500. The average Bonchev–Trinajstić information content (AvgIpc) is 2.82. The minimum absolute atomic E-state index is 0.0324. The first-order valence-electron chi connectivity index (χ1n) is 11.3. The lowest BCUT2D eigenvalue weighted by atomic mass is 10.1. The summed E-state index contributed by atoms with van der Waals surface area (Å²) in [4.78, 5) is 14.1. The fourth-order valence-electron chi connectivity index (χ4n) is 4.19. The third-order valence-electron chi connectivity index (χ3n) is 5.71. The lowest BCUT2D eigenvalue weighted by Crippen LogP contribution is -2.50. The molecule has 1 N–H and O–H groups in total. The number of aromatic nitrogens is 1. The molecule has 0 radical (unpaired) electrons. The number of pyridine rings is 1. The lowest BCUT2D eigenvalue weighted by Gasteiger charge is -2.38. The minimum Gasteiger partial charge on any atom is -0.378 e. The molecule has 1 aromatic carbocycles. The van der Waals surface area contributed by atoms with Crippen molar-refractivity contribution in [2.75, 3.05) is 50.8 Å². The maximum absolute atomic E-state index is 13.4. The normalized spacial score (nSPS) is 22.2. The van der Waals surface area contributed by atoms with Gasteiger partial charge >= 0.3 is 0 Å². The lowest BCUT2D eigenvalue weighted by molar-refractivity contribution is -0.0605. The number of anilines is 1. The van der Waals surface area contributed by atoms with E-state index in [-0.39, 0.29) is 18.0 Å². The van der Waals surface area contributed by atoms with Gasteiger partial charge in [-0.05, 0) is 37.6 Å². The zero-order valence-electron chi connectivity index (χ0n) is 18.8. The third-order valence-corrected chi connectivity index (χ3v) is 5.71. The molecule has 172 valence electrons. The van der Waals surface area contributed by atoms with Crippen LogP contribution in [-0.2, 0) is 16.0 Å². The van der Waals surface area contributed by atoms with E-state index < -0.39 is 0 Å². The van der Waals surface area contributed by atoms with Crippen molar-refractivity contribution in [1.82, 2.24) is 15.2 Å². The molecule has 3 heterocycles. The molecule has 0 aliphatic carbocycles. The van der Waals surface area contributed by atoms with Crippen LogP contribution < -0.4 is 10.2 Å². The molecule has 0 spiro atoms. The molecule has 8 heteroatoms. The van der Waals surface area contributed by atoms with Crippen molar-refractivity contribution in [3.05, 3.63) is 59.5 Å². The number of nitrogens with zero attached hydrogens (tertiary/aromatic N) is 4. The van der Waals surface area contributed by atoms with Crippen LogP contribution >= 0.6 is 0 Å². The van der Waals surface area contributed by atoms with Crippen LogP contribution in [0.25, 0.3) is 0 Å². The average molecular weight is 442 g/mol. The van der Waals surface area contributed by atoms with Gasteiger partial charge in [0.15, 0.2) is 5.96 Å². The SMILES string of the molecule is CCNC(=NCc1cccnc1N1CCOCC1)N1CC(C)OC(c2ccc(F)cc2)C1. The van der Waals surface area contributed by atoms with Crippen LogP contribution in [0.1, 0.15) is 31.1 Å². The molecule has 4 rings (SSSR count). The first kappa shape index (κ1) is 22.5. The first-order valence-corrected chi connectivity index (χ1v) is 11.3. The van der Waals surface area contributed by atoms with Crippen LogP contribution in [0.3, 0.4) is 0 Å². The molecule has 2 atom stereocenters. The molecule has 2 aromatic rings. The summed E-state index contributed by atoms with van der Waals surface area (Å²) < 4.78 is 25.0. The molecule has 7 nitrogen and oxygen atoms in total. The maximum Gasteiger partial charge on any atom is 0.194 e. The van der Waals surface area contributed by atoms with E-state index in [1.54, 1.807) is 12.1 Å². The van der Waals surface area contributed by atoms with E-state index in [4.69, 9.17) is 14.5 Å². The number of benzene rings is 1. The number of rotatable bonds is 5. The summed E-state index contributed by atoms with van der Waals surface area (Å²) in [6.45, 7) is 9.96. The maximum atomic E-state index is 13.4. The van der Waals surface area contributed by atoms with Crippen LogP contribution in [0.4, 0.5) is 10.2 Å². The molecular weight excluding hydrogens is 409 g/mol. The Kier molecular flexibility index (Phi) is 7.55. The molecule has 0 bridgehead atoms. The summed E-state index contributed by atoms with van der Waals surface area (Å²) >= 11 is 0. The molecular formula is C24H32FN5O2. The van der Waals surface area contributed by atoms with Crippen LogP contribution in [0.15, 0.2) is 47.6 Å². The van der Waals surface area contributed by atoms with Crippen molar-refractivity contribution >= 4 is 11.8 Å². The third kappa shape index (κ3) is 5.55. The van der Waals surface area contributed by atoms with Crippen LogP contribution in [0, 0.1) is 5.82 Å². The molecule has 2 saturated heterocycles. The van der Waals surface area contributed by atoms with Crippen molar-refractivity contribution in [3.63, 3.8) is 0 Å². The highest BCUT2D eigenvalue weighted by Crippen LogP contribution is 2.26. The van der Waals surface area contributed by atoms with E-state index in [1.165, 1.54) is 12.1 Å². The van der Waals surface area contributed by atoms with Gasteiger partial charge in [0.1, 0.15) is 17.7 Å². The highest BCUT2D eigenvalue weighted by molar-refractivity contribution is 5.80. The number of morpholine rings is 2. The predicted molar refractivity (Wildman–Crippen MR) is 123 cm³/mol. The molecule has 1 aromatic heterocycles. The second-order valence-corrected chi connectivity index (χ2v) is 8.15. The number of ether oxygens (including phenoxy) is 2. The number of hydrogen-bond acceptors (Lipinski definition) is 5. The van der Waals surface area contributed by atoms with Crippen LogP contribution in [0.5, 0.6) is 0 Å². The van der Waals surface area contributed by atoms with Crippen molar-refractivity contribution in [2.45, 2.75) is 32.6 Å². The van der Waals surface area contributed by atoms with E-state index in [2.05, 4.69) is 40.0 Å². The van der Waals surface area contributed by atoms with E-state index in [0.29, 0.717) is 13.1 Å². The standard InChI is InChI=1S/C24H32FN5O2/c1-3-26-24(28-15-20-5-4-10-27-23(20)29-11-13-31-14-12-29)30-16-18(2)32-22(17-30)19-6-8-21(25)9-7-19/h4-10,18,22H,3,11-17H2,1-2H3,(H,26,28). The van der Waals surface area contributed by atoms with Gasteiger partial charge in [0.05, 0.1) is 32.4 Å². The second kappa shape index (κ2) is 10.7. The zero-order valence-corrected chi connectivity index (χ0v) is 18.8. The quantitative estimate of drug-likeness (QED) is 0.569. The highest BCUT2D eigenvalue weighted by atomic mass is 19.1. The predicted octanol–water partition coefficient (Wildman–Crippen LogP) is 2.98. The number of halogens is 1. The number of nitrogens with one attached hydrogen (secondary N) is 1. The number of aliphatic imine (C=N–C) groups is 1. The van der Waals surface area contributed by atoms with E-state index in [0.717, 1.165) is 62.3 Å². The van der Waals surface area contributed by atoms with Gasteiger partial charge in [0.25, 0.3) is 0 Å². The van der Waals surface area contributed by atoms with Gasteiger partial charge in [-0.3, -0.25) is 0 Å². The smallest absolute Gasteiger partial charge is 0.194 e. The molecule has 2 aliphatic rings. The van der Waals surface area contributed by atoms with E-state index >= 15 is 0 Å². The summed E-state index contributed by atoms with van der Waals surface area (Å²) in [6.07, 6.45) is 1.73. The molecule has 2 unspecified atom stereocenters. The van der Waals surface area contributed by atoms with Crippen molar-refractivity contribution in [1.29, 1.82) is 0 Å². The summed E-state index contributed by atoms with van der Waals surface area (Å²) in [6, 6.07) is 10.6. The van der Waals surface area contributed by atoms with Gasteiger partial charge in [-0.1, -0.05) is 18.2 Å².